The maximum absolute atomic E-state index is 13.8. The number of amides is 2. The average Bonchev–Trinajstić information content (AvgIpc) is 2.87. The molecule has 0 unspecified atom stereocenters. The van der Waals surface area contributed by atoms with Crippen molar-refractivity contribution in [2.45, 2.75) is 38.3 Å². The Morgan fingerprint density at radius 3 is 2.11 bits per heavy atom. The smallest absolute Gasteiger partial charge is 0.264 e. The normalized spacial score (nSPS) is 12.1. The van der Waals surface area contributed by atoms with Gasteiger partial charge in [-0.05, 0) is 69.3 Å². The third kappa shape index (κ3) is 7.08. The molecular weight excluding hydrogens is 613 g/mol. The third-order valence-corrected chi connectivity index (χ3v) is 8.94. The largest absolute Gasteiger partial charge is 0.355 e. The summed E-state index contributed by atoms with van der Waals surface area (Å²) in [6.45, 7) is 4.92. The maximum atomic E-state index is 13.8. The number of hydrogen-bond donors (Lipinski definition) is 1. The molecule has 1 N–H and O–H groups in total. The molecule has 0 aromatic heterocycles. The second-order valence-electron chi connectivity index (χ2n) is 8.59. The summed E-state index contributed by atoms with van der Waals surface area (Å²) in [7, 11) is -4.14. The monoisotopic (exact) mass is 639 g/mol. The number of sulfonamides is 1. The van der Waals surface area contributed by atoms with Crippen molar-refractivity contribution >= 4 is 66.7 Å². The second-order valence-corrected chi connectivity index (χ2v) is 12.2. The number of aryl methyl sites for hydroxylation is 1. The molecule has 2 amide bonds. The van der Waals surface area contributed by atoms with Gasteiger partial charge in [0.25, 0.3) is 10.0 Å². The molecule has 0 aliphatic rings. The van der Waals surface area contributed by atoms with E-state index in [0.717, 1.165) is 14.3 Å². The van der Waals surface area contributed by atoms with Gasteiger partial charge in [-0.1, -0.05) is 62.9 Å². The van der Waals surface area contributed by atoms with Gasteiger partial charge in [-0.2, -0.15) is 0 Å². The highest BCUT2D eigenvalue weighted by molar-refractivity contribution is 9.10. The van der Waals surface area contributed by atoms with Gasteiger partial charge in [0.2, 0.25) is 11.8 Å². The van der Waals surface area contributed by atoms with Crippen LogP contribution in [0.1, 0.15) is 25.0 Å². The van der Waals surface area contributed by atoms with Gasteiger partial charge in [0, 0.05) is 33.2 Å². The Morgan fingerprint density at radius 2 is 1.55 bits per heavy atom. The van der Waals surface area contributed by atoms with Crippen molar-refractivity contribution in [2.75, 3.05) is 17.4 Å². The molecule has 1 atom stereocenters. The van der Waals surface area contributed by atoms with Crippen LogP contribution < -0.4 is 9.62 Å². The number of anilines is 1. The molecular formula is C27H28BrCl2N3O4S. The lowest BCUT2D eigenvalue weighted by Gasteiger charge is -2.32. The molecule has 0 saturated carbocycles. The van der Waals surface area contributed by atoms with Crippen molar-refractivity contribution in [3.8, 4) is 0 Å². The number of benzene rings is 3. The lowest BCUT2D eigenvalue weighted by atomic mass is 10.1. The first-order chi connectivity index (χ1) is 17.9. The average molecular weight is 641 g/mol. The minimum atomic E-state index is -4.14. The van der Waals surface area contributed by atoms with Crippen LogP contribution in [0.5, 0.6) is 0 Å². The van der Waals surface area contributed by atoms with Crippen molar-refractivity contribution in [3.05, 3.63) is 92.4 Å². The number of carbonyl (C=O) groups is 2. The standard InChI is InChI=1S/C27H28BrCl2N3O4S/c1-4-31-27(35)19(3)32(16-23-24(29)6-5-7-25(23)30)26(34)17-33(21-12-10-20(28)11-13-21)38(36,37)22-14-8-18(2)9-15-22/h5-15,19H,4,16-17H2,1-3H3,(H,31,35)/t19-/m0/s1. The molecule has 0 bridgehead atoms. The Morgan fingerprint density at radius 1 is 0.974 bits per heavy atom. The Kier molecular flexibility index (Phi) is 10.2. The van der Waals surface area contributed by atoms with Crippen LogP contribution in [0.4, 0.5) is 5.69 Å². The molecule has 3 rings (SSSR count). The zero-order valence-corrected chi connectivity index (χ0v) is 25.0. The highest BCUT2D eigenvalue weighted by Crippen LogP contribution is 2.29. The number of halogens is 3. The predicted octanol–water partition coefficient (Wildman–Crippen LogP) is 5.81. The number of hydrogen-bond acceptors (Lipinski definition) is 4. The molecule has 0 heterocycles. The summed E-state index contributed by atoms with van der Waals surface area (Å²) in [5.41, 5.74) is 1.65. The van der Waals surface area contributed by atoms with Crippen molar-refractivity contribution in [2.24, 2.45) is 0 Å². The Bertz CT molecular complexity index is 1380. The molecule has 0 spiro atoms. The van der Waals surface area contributed by atoms with Gasteiger partial charge in [0.05, 0.1) is 10.6 Å². The molecule has 0 fully saturated rings. The van der Waals surface area contributed by atoms with Gasteiger partial charge in [0.15, 0.2) is 0 Å². The summed E-state index contributed by atoms with van der Waals surface area (Å²) in [6.07, 6.45) is 0. The van der Waals surface area contributed by atoms with Crippen molar-refractivity contribution < 1.29 is 18.0 Å². The highest BCUT2D eigenvalue weighted by atomic mass is 79.9. The number of nitrogens with one attached hydrogen (secondary N) is 1. The van der Waals surface area contributed by atoms with Crippen molar-refractivity contribution in [1.82, 2.24) is 10.2 Å². The zero-order valence-electron chi connectivity index (χ0n) is 21.1. The second kappa shape index (κ2) is 13.0. The summed E-state index contributed by atoms with van der Waals surface area (Å²) in [5.74, 6) is -0.987. The lowest BCUT2D eigenvalue weighted by Crippen LogP contribution is -2.51. The Balaban J connectivity index is 2.06. The van der Waals surface area contributed by atoms with Gasteiger partial charge >= 0.3 is 0 Å². The minimum absolute atomic E-state index is 0.0382. The first kappa shape index (κ1) is 30.0. The number of likely N-dealkylation sites (N-methyl/N-ethyl adjacent to an activating group) is 1. The van der Waals surface area contributed by atoms with E-state index in [4.69, 9.17) is 23.2 Å². The van der Waals surface area contributed by atoms with E-state index in [1.54, 1.807) is 68.4 Å². The molecule has 38 heavy (non-hydrogen) atoms. The van der Waals surface area contributed by atoms with Gasteiger partial charge < -0.3 is 10.2 Å². The van der Waals surface area contributed by atoms with Crippen LogP contribution in [0.15, 0.2) is 76.1 Å². The lowest BCUT2D eigenvalue weighted by molar-refractivity contribution is -0.139. The maximum Gasteiger partial charge on any atom is 0.264 e. The van der Waals surface area contributed by atoms with Crippen molar-refractivity contribution in [3.63, 3.8) is 0 Å². The first-order valence-electron chi connectivity index (χ1n) is 11.8. The van der Waals surface area contributed by atoms with Crippen LogP contribution >= 0.6 is 39.1 Å². The van der Waals surface area contributed by atoms with E-state index in [9.17, 15) is 18.0 Å². The quantitative estimate of drug-likeness (QED) is 0.303. The molecule has 3 aromatic carbocycles. The van der Waals surface area contributed by atoms with Gasteiger partial charge in [0.1, 0.15) is 12.6 Å². The van der Waals surface area contributed by atoms with E-state index < -0.39 is 28.5 Å². The van der Waals surface area contributed by atoms with Crippen molar-refractivity contribution in [1.29, 1.82) is 0 Å². The Hall–Kier alpha value is -2.59. The predicted molar refractivity (Wildman–Crippen MR) is 155 cm³/mol. The molecule has 0 aliphatic heterocycles. The van der Waals surface area contributed by atoms with Crippen LogP contribution in [0, 0.1) is 6.92 Å². The van der Waals surface area contributed by atoms with Crippen LogP contribution in [0.3, 0.4) is 0 Å². The fourth-order valence-electron chi connectivity index (χ4n) is 3.73. The van der Waals surface area contributed by atoms with E-state index in [1.165, 1.54) is 17.0 Å². The van der Waals surface area contributed by atoms with E-state index >= 15 is 0 Å². The van der Waals surface area contributed by atoms with Crippen LogP contribution in [-0.2, 0) is 26.2 Å². The molecule has 3 aromatic rings. The number of nitrogens with zero attached hydrogens (tertiary/aromatic N) is 2. The van der Waals surface area contributed by atoms with E-state index in [1.807, 2.05) is 6.92 Å². The molecule has 11 heteroatoms. The van der Waals surface area contributed by atoms with Crippen LogP contribution in [0.2, 0.25) is 10.0 Å². The van der Waals surface area contributed by atoms with Gasteiger partial charge in [-0.25, -0.2) is 8.42 Å². The van der Waals surface area contributed by atoms with Gasteiger partial charge in [-0.3, -0.25) is 13.9 Å². The third-order valence-electron chi connectivity index (χ3n) is 5.91. The topological polar surface area (TPSA) is 86.8 Å². The highest BCUT2D eigenvalue weighted by Gasteiger charge is 2.33. The summed E-state index contributed by atoms with van der Waals surface area (Å²) in [4.78, 5) is 28.0. The summed E-state index contributed by atoms with van der Waals surface area (Å²) in [6, 6.07) is 17.0. The van der Waals surface area contributed by atoms with Crippen LogP contribution in [-0.4, -0.2) is 44.3 Å². The molecule has 0 aliphatic carbocycles. The fraction of sp³-hybridized carbons (Fsp3) is 0.259. The van der Waals surface area contributed by atoms with E-state index in [0.29, 0.717) is 27.8 Å². The fourth-order valence-corrected chi connectivity index (χ4v) is 5.93. The zero-order chi connectivity index (χ0) is 28.0. The van der Waals surface area contributed by atoms with Crippen LogP contribution in [0.25, 0.3) is 0 Å². The molecule has 7 nitrogen and oxygen atoms in total. The summed E-state index contributed by atoms with van der Waals surface area (Å²) in [5, 5.41) is 3.37. The molecule has 0 saturated heterocycles. The first-order valence-corrected chi connectivity index (χ1v) is 14.8. The van der Waals surface area contributed by atoms with E-state index in [2.05, 4.69) is 21.2 Å². The minimum Gasteiger partial charge on any atom is -0.355 e. The summed E-state index contributed by atoms with van der Waals surface area (Å²) >= 11 is 16.1. The summed E-state index contributed by atoms with van der Waals surface area (Å²) < 4.78 is 29.4. The van der Waals surface area contributed by atoms with E-state index in [-0.39, 0.29) is 17.3 Å². The molecule has 0 radical (unpaired) electrons. The SMILES string of the molecule is CCNC(=O)[C@H](C)N(Cc1c(Cl)cccc1Cl)C(=O)CN(c1ccc(Br)cc1)S(=O)(=O)c1ccc(C)cc1. The number of rotatable bonds is 10. The molecule has 202 valence electrons. The Labute approximate surface area is 241 Å². The van der Waals surface area contributed by atoms with Gasteiger partial charge in [-0.15, -0.1) is 0 Å². The number of carbonyl (C=O) groups excluding carboxylic acids is 2.